The molecule has 0 radical (unpaired) electrons. The molecule has 0 aliphatic heterocycles. The van der Waals surface area contributed by atoms with Crippen LogP contribution < -0.4 is 10.6 Å². The molecule has 0 spiro atoms. The molecule has 0 bridgehead atoms. The van der Waals surface area contributed by atoms with Gasteiger partial charge in [-0.05, 0) is 39.8 Å². The van der Waals surface area contributed by atoms with Crippen LogP contribution in [0.2, 0.25) is 0 Å². The van der Waals surface area contributed by atoms with Crippen molar-refractivity contribution in [1.29, 1.82) is 0 Å². The summed E-state index contributed by atoms with van der Waals surface area (Å²) in [6, 6.07) is 0.605. The Morgan fingerprint density at radius 1 is 1.22 bits per heavy atom. The van der Waals surface area contributed by atoms with Crippen LogP contribution >= 0.6 is 0 Å². The lowest BCUT2D eigenvalue weighted by Crippen LogP contribution is -2.54. The van der Waals surface area contributed by atoms with Crippen molar-refractivity contribution in [2.45, 2.75) is 56.5 Å². The van der Waals surface area contributed by atoms with E-state index < -0.39 is 0 Å². The molecule has 0 heterocycles. The average molecular weight is 253 g/mol. The summed E-state index contributed by atoms with van der Waals surface area (Å²) in [6.07, 6.45) is 8.78. The van der Waals surface area contributed by atoms with Gasteiger partial charge < -0.3 is 15.5 Å². The van der Waals surface area contributed by atoms with Crippen LogP contribution in [-0.4, -0.2) is 49.6 Å². The van der Waals surface area contributed by atoms with E-state index in [0.29, 0.717) is 12.6 Å². The quantitative estimate of drug-likeness (QED) is 0.745. The molecule has 2 saturated carbocycles. The number of hydrogen-bond acceptors (Lipinski definition) is 3. The van der Waals surface area contributed by atoms with E-state index in [-0.39, 0.29) is 11.4 Å². The van der Waals surface area contributed by atoms with Crippen LogP contribution in [0.1, 0.15) is 44.9 Å². The number of rotatable bonds is 6. The molecule has 0 unspecified atom stereocenters. The number of carbonyl (C=O) groups is 1. The number of nitrogens with zero attached hydrogens (tertiary/aromatic N) is 1. The monoisotopic (exact) mass is 253 g/mol. The molecule has 2 aliphatic rings. The SMILES string of the molecule is CN(C)C1(CNC(=O)CNC2CC2)CCCCC1. The predicted octanol–water partition coefficient (Wildman–Crippen LogP) is 1.12. The lowest BCUT2D eigenvalue weighted by molar-refractivity contribution is -0.121. The third-order valence-corrected chi connectivity index (χ3v) is 4.48. The first-order valence-corrected chi connectivity index (χ1v) is 7.30. The minimum Gasteiger partial charge on any atom is -0.353 e. The molecule has 2 N–H and O–H groups in total. The van der Waals surface area contributed by atoms with Crippen LogP contribution in [-0.2, 0) is 4.79 Å². The zero-order valence-electron chi connectivity index (χ0n) is 11.8. The Balaban J connectivity index is 1.75. The van der Waals surface area contributed by atoms with Crippen molar-refractivity contribution in [3.05, 3.63) is 0 Å². The number of amides is 1. The zero-order chi connectivity index (χ0) is 13.0. The molecule has 104 valence electrons. The van der Waals surface area contributed by atoms with Gasteiger partial charge in [-0.2, -0.15) is 0 Å². The summed E-state index contributed by atoms with van der Waals surface area (Å²) in [4.78, 5) is 14.1. The second-order valence-electron chi connectivity index (χ2n) is 6.11. The molecule has 18 heavy (non-hydrogen) atoms. The van der Waals surface area contributed by atoms with Gasteiger partial charge >= 0.3 is 0 Å². The van der Waals surface area contributed by atoms with E-state index in [0.717, 1.165) is 6.54 Å². The number of hydrogen-bond donors (Lipinski definition) is 2. The molecule has 2 rings (SSSR count). The van der Waals surface area contributed by atoms with Gasteiger partial charge in [-0.3, -0.25) is 4.79 Å². The molecular weight excluding hydrogens is 226 g/mol. The predicted molar refractivity (Wildman–Crippen MR) is 73.5 cm³/mol. The smallest absolute Gasteiger partial charge is 0.234 e. The van der Waals surface area contributed by atoms with Gasteiger partial charge in [0.2, 0.25) is 5.91 Å². The first kappa shape index (κ1) is 13.8. The summed E-state index contributed by atoms with van der Waals surface area (Å²) in [5, 5.41) is 6.37. The zero-order valence-corrected chi connectivity index (χ0v) is 11.8. The van der Waals surface area contributed by atoms with Crippen LogP contribution in [0.25, 0.3) is 0 Å². The van der Waals surface area contributed by atoms with E-state index in [1.807, 2.05) is 0 Å². The lowest BCUT2D eigenvalue weighted by atomic mass is 9.80. The van der Waals surface area contributed by atoms with E-state index in [4.69, 9.17) is 0 Å². The minimum absolute atomic E-state index is 0.147. The highest BCUT2D eigenvalue weighted by molar-refractivity contribution is 5.78. The van der Waals surface area contributed by atoms with Gasteiger partial charge in [0, 0.05) is 18.1 Å². The molecule has 0 atom stereocenters. The fraction of sp³-hybridized carbons (Fsp3) is 0.929. The maximum atomic E-state index is 11.8. The molecule has 0 aromatic carbocycles. The molecule has 2 fully saturated rings. The normalized spacial score (nSPS) is 23.1. The van der Waals surface area contributed by atoms with Crippen molar-refractivity contribution < 1.29 is 4.79 Å². The van der Waals surface area contributed by atoms with Crippen molar-refractivity contribution in [2.75, 3.05) is 27.2 Å². The van der Waals surface area contributed by atoms with Crippen LogP contribution in [0.15, 0.2) is 0 Å². The summed E-state index contributed by atoms with van der Waals surface area (Å²) in [7, 11) is 4.28. The van der Waals surface area contributed by atoms with Crippen molar-refractivity contribution >= 4 is 5.91 Å². The highest BCUT2D eigenvalue weighted by atomic mass is 16.1. The fourth-order valence-electron chi connectivity index (χ4n) is 2.84. The second-order valence-corrected chi connectivity index (χ2v) is 6.11. The molecule has 4 nitrogen and oxygen atoms in total. The van der Waals surface area contributed by atoms with Crippen LogP contribution in [0, 0.1) is 0 Å². The fourth-order valence-corrected chi connectivity index (χ4v) is 2.84. The molecule has 0 saturated heterocycles. The van der Waals surface area contributed by atoms with E-state index in [9.17, 15) is 4.79 Å². The van der Waals surface area contributed by atoms with Crippen molar-refractivity contribution in [3.63, 3.8) is 0 Å². The maximum absolute atomic E-state index is 11.8. The van der Waals surface area contributed by atoms with E-state index in [1.165, 1.54) is 44.9 Å². The van der Waals surface area contributed by atoms with Gasteiger partial charge in [0.15, 0.2) is 0 Å². The molecular formula is C14H27N3O. The summed E-state index contributed by atoms with van der Waals surface area (Å²) in [6.45, 7) is 1.28. The molecule has 1 amide bonds. The van der Waals surface area contributed by atoms with Gasteiger partial charge in [-0.1, -0.05) is 19.3 Å². The highest BCUT2D eigenvalue weighted by Gasteiger charge is 2.34. The molecule has 2 aliphatic carbocycles. The maximum Gasteiger partial charge on any atom is 0.234 e. The molecule has 0 aromatic heterocycles. The summed E-state index contributed by atoms with van der Waals surface area (Å²) < 4.78 is 0. The van der Waals surface area contributed by atoms with Gasteiger partial charge in [-0.15, -0.1) is 0 Å². The topological polar surface area (TPSA) is 44.4 Å². The van der Waals surface area contributed by atoms with Gasteiger partial charge in [-0.25, -0.2) is 0 Å². The van der Waals surface area contributed by atoms with Gasteiger partial charge in [0.1, 0.15) is 0 Å². The Morgan fingerprint density at radius 3 is 2.44 bits per heavy atom. The minimum atomic E-state index is 0.147. The number of nitrogens with one attached hydrogen (secondary N) is 2. The molecule has 4 heteroatoms. The second kappa shape index (κ2) is 6.02. The van der Waals surface area contributed by atoms with Crippen LogP contribution in [0.5, 0.6) is 0 Å². The van der Waals surface area contributed by atoms with Crippen molar-refractivity contribution in [1.82, 2.24) is 15.5 Å². The van der Waals surface area contributed by atoms with Crippen LogP contribution in [0.4, 0.5) is 0 Å². The van der Waals surface area contributed by atoms with E-state index in [1.54, 1.807) is 0 Å². The van der Waals surface area contributed by atoms with Gasteiger partial charge in [0.25, 0.3) is 0 Å². The third-order valence-electron chi connectivity index (χ3n) is 4.48. The van der Waals surface area contributed by atoms with E-state index >= 15 is 0 Å². The van der Waals surface area contributed by atoms with Gasteiger partial charge in [0.05, 0.1) is 6.54 Å². The molecule has 0 aromatic rings. The first-order chi connectivity index (χ1) is 8.62. The Bertz CT molecular complexity index is 281. The summed E-state index contributed by atoms with van der Waals surface area (Å²) in [5.41, 5.74) is 0.188. The Morgan fingerprint density at radius 2 is 1.89 bits per heavy atom. The summed E-state index contributed by atoms with van der Waals surface area (Å²) >= 11 is 0. The average Bonchev–Trinajstić information content (AvgIpc) is 3.19. The first-order valence-electron chi connectivity index (χ1n) is 7.30. The Labute approximate surface area is 110 Å². The summed E-state index contributed by atoms with van der Waals surface area (Å²) in [5.74, 6) is 0.147. The van der Waals surface area contributed by atoms with Crippen molar-refractivity contribution in [2.24, 2.45) is 0 Å². The van der Waals surface area contributed by atoms with E-state index in [2.05, 4.69) is 29.6 Å². The Hall–Kier alpha value is -0.610. The number of carbonyl (C=O) groups excluding carboxylic acids is 1. The van der Waals surface area contributed by atoms with Crippen molar-refractivity contribution in [3.8, 4) is 0 Å². The number of likely N-dealkylation sites (N-methyl/N-ethyl adjacent to an activating group) is 1. The third kappa shape index (κ3) is 3.69. The van der Waals surface area contributed by atoms with Crippen LogP contribution in [0.3, 0.4) is 0 Å². The Kier molecular flexibility index (Phi) is 4.62. The largest absolute Gasteiger partial charge is 0.353 e. The lowest BCUT2D eigenvalue weighted by Gasteiger charge is -2.43. The highest BCUT2D eigenvalue weighted by Crippen LogP contribution is 2.31. The standard InChI is InChI=1S/C14H27N3O/c1-17(2)14(8-4-3-5-9-14)11-16-13(18)10-15-12-6-7-12/h12,15H,3-11H2,1-2H3,(H,16,18).